The Morgan fingerprint density at radius 1 is 1.40 bits per heavy atom. The summed E-state index contributed by atoms with van der Waals surface area (Å²) >= 11 is 3.36. The van der Waals surface area contributed by atoms with E-state index in [0.29, 0.717) is 11.3 Å². The number of hydrogen-bond acceptors (Lipinski definition) is 3. The molecule has 1 rings (SSSR count). The van der Waals surface area contributed by atoms with E-state index in [4.69, 9.17) is 4.74 Å². The molecule has 0 bridgehead atoms. The molecule has 0 aromatic heterocycles. The van der Waals surface area contributed by atoms with E-state index in [2.05, 4.69) is 21.2 Å². The van der Waals surface area contributed by atoms with Gasteiger partial charge in [0.1, 0.15) is 5.75 Å². The van der Waals surface area contributed by atoms with E-state index in [1.54, 1.807) is 26.0 Å². The van der Waals surface area contributed by atoms with E-state index >= 15 is 0 Å². The van der Waals surface area contributed by atoms with Crippen molar-refractivity contribution in [1.82, 2.24) is 5.32 Å². The van der Waals surface area contributed by atoms with Crippen LogP contribution in [0.2, 0.25) is 0 Å². The average molecular weight is 344 g/mol. The Balaban J connectivity index is 2.81. The second kappa shape index (κ2) is 7.64. The fourth-order valence-electron chi connectivity index (χ4n) is 1.66. The minimum Gasteiger partial charge on any atom is -0.480 e. The lowest BCUT2D eigenvalue weighted by molar-refractivity contribution is -0.127. The summed E-state index contributed by atoms with van der Waals surface area (Å²) < 4.78 is 6.53. The molecule has 0 radical (unpaired) electrons. The third kappa shape index (κ3) is 4.80. The van der Waals surface area contributed by atoms with Gasteiger partial charge in [0.05, 0.1) is 6.10 Å². The van der Waals surface area contributed by atoms with Crippen LogP contribution in [-0.4, -0.2) is 23.2 Å². The van der Waals surface area contributed by atoms with Crippen LogP contribution in [-0.2, 0) is 4.79 Å². The third-order valence-corrected chi connectivity index (χ3v) is 3.59. The summed E-state index contributed by atoms with van der Waals surface area (Å²) in [6.07, 6.45) is -0.396. The maximum Gasteiger partial charge on any atom is 0.260 e. The summed E-state index contributed by atoms with van der Waals surface area (Å²) in [7, 11) is 0. The lowest BCUT2D eigenvalue weighted by atomic mass is 10.1. The van der Waals surface area contributed by atoms with Crippen LogP contribution in [0.3, 0.4) is 0 Å². The van der Waals surface area contributed by atoms with Crippen molar-refractivity contribution in [1.29, 1.82) is 0 Å². The minimum absolute atomic E-state index is 0.118. The number of aliphatic hydroxyl groups excluding tert-OH is 1. The Kier molecular flexibility index (Phi) is 6.49. The second-order valence-electron chi connectivity index (χ2n) is 4.94. The summed E-state index contributed by atoms with van der Waals surface area (Å²) in [6.45, 7) is 7.33. The van der Waals surface area contributed by atoms with Crippen LogP contribution in [0.25, 0.3) is 0 Å². The predicted octanol–water partition coefficient (Wildman–Crippen LogP) is 3.18. The van der Waals surface area contributed by atoms with E-state index in [-0.39, 0.29) is 11.9 Å². The molecule has 112 valence electrons. The molecular weight excluding hydrogens is 322 g/mol. The molecule has 0 aliphatic carbocycles. The standard InChI is InChI=1S/C15H22BrNO3/c1-5-9(2)17-15(19)11(4)20-14-8-12(16)6-7-13(14)10(3)18/h6-11,18H,5H2,1-4H3,(H,17,19)/t9?,10-,11?/m0/s1. The molecule has 1 aromatic carbocycles. The quantitative estimate of drug-likeness (QED) is 0.833. The van der Waals surface area contributed by atoms with E-state index in [0.717, 1.165) is 10.9 Å². The first-order valence-corrected chi connectivity index (χ1v) is 7.59. The summed E-state index contributed by atoms with van der Waals surface area (Å²) in [4.78, 5) is 12.0. The van der Waals surface area contributed by atoms with Crippen LogP contribution in [0.4, 0.5) is 0 Å². The highest BCUT2D eigenvalue weighted by atomic mass is 79.9. The topological polar surface area (TPSA) is 58.6 Å². The number of rotatable bonds is 6. The van der Waals surface area contributed by atoms with Gasteiger partial charge in [0.15, 0.2) is 6.10 Å². The van der Waals surface area contributed by atoms with Gasteiger partial charge in [0, 0.05) is 16.1 Å². The summed E-state index contributed by atoms with van der Waals surface area (Å²) in [6, 6.07) is 5.49. The zero-order valence-corrected chi connectivity index (χ0v) is 13.9. The Labute approximate surface area is 128 Å². The molecule has 0 fully saturated rings. The number of carbonyl (C=O) groups excluding carboxylic acids is 1. The van der Waals surface area contributed by atoms with E-state index in [1.165, 1.54) is 0 Å². The van der Waals surface area contributed by atoms with Gasteiger partial charge in [0.2, 0.25) is 0 Å². The molecule has 4 nitrogen and oxygen atoms in total. The Hall–Kier alpha value is -1.07. The number of amides is 1. The zero-order valence-electron chi connectivity index (χ0n) is 12.3. The fraction of sp³-hybridized carbons (Fsp3) is 0.533. The summed E-state index contributed by atoms with van der Waals surface area (Å²) in [5.74, 6) is 0.358. The minimum atomic E-state index is -0.650. The van der Waals surface area contributed by atoms with Crippen molar-refractivity contribution in [2.75, 3.05) is 0 Å². The molecule has 0 spiro atoms. The SMILES string of the molecule is CCC(C)NC(=O)C(C)Oc1cc(Br)ccc1[C@H](C)O. The Morgan fingerprint density at radius 3 is 2.60 bits per heavy atom. The highest BCUT2D eigenvalue weighted by Gasteiger charge is 2.19. The van der Waals surface area contributed by atoms with Gasteiger partial charge in [-0.3, -0.25) is 4.79 Å². The van der Waals surface area contributed by atoms with Crippen molar-refractivity contribution in [3.05, 3.63) is 28.2 Å². The number of nitrogens with one attached hydrogen (secondary N) is 1. The van der Waals surface area contributed by atoms with Crippen molar-refractivity contribution >= 4 is 21.8 Å². The van der Waals surface area contributed by atoms with Crippen molar-refractivity contribution in [2.24, 2.45) is 0 Å². The van der Waals surface area contributed by atoms with Crippen molar-refractivity contribution in [2.45, 2.75) is 52.4 Å². The van der Waals surface area contributed by atoms with Gasteiger partial charge in [-0.2, -0.15) is 0 Å². The van der Waals surface area contributed by atoms with Crippen molar-refractivity contribution in [3.8, 4) is 5.75 Å². The second-order valence-corrected chi connectivity index (χ2v) is 5.85. The highest BCUT2D eigenvalue weighted by molar-refractivity contribution is 9.10. The summed E-state index contributed by atoms with van der Waals surface area (Å²) in [5, 5.41) is 12.6. The van der Waals surface area contributed by atoms with Crippen molar-refractivity contribution in [3.63, 3.8) is 0 Å². The van der Waals surface area contributed by atoms with Gasteiger partial charge >= 0.3 is 0 Å². The van der Waals surface area contributed by atoms with Crippen LogP contribution in [0, 0.1) is 0 Å². The van der Waals surface area contributed by atoms with Gasteiger partial charge in [-0.15, -0.1) is 0 Å². The maximum absolute atomic E-state index is 12.0. The van der Waals surface area contributed by atoms with Crippen molar-refractivity contribution < 1.29 is 14.6 Å². The predicted molar refractivity (Wildman–Crippen MR) is 82.8 cm³/mol. The van der Waals surface area contributed by atoms with Crippen LogP contribution >= 0.6 is 15.9 Å². The fourth-order valence-corrected chi connectivity index (χ4v) is 2.00. The van der Waals surface area contributed by atoms with Gasteiger partial charge in [0.25, 0.3) is 5.91 Å². The van der Waals surface area contributed by atoms with Gasteiger partial charge in [-0.25, -0.2) is 0 Å². The molecule has 0 saturated carbocycles. The molecule has 20 heavy (non-hydrogen) atoms. The zero-order chi connectivity index (χ0) is 15.3. The van der Waals surface area contributed by atoms with Gasteiger partial charge in [-0.1, -0.05) is 28.9 Å². The number of benzene rings is 1. The number of ether oxygens (including phenoxy) is 1. The lowest BCUT2D eigenvalue weighted by Gasteiger charge is -2.20. The average Bonchev–Trinajstić information content (AvgIpc) is 2.38. The number of halogens is 1. The maximum atomic E-state index is 12.0. The molecule has 3 atom stereocenters. The van der Waals surface area contributed by atoms with Gasteiger partial charge < -0.3 is 15.2 Å². The first-order valence-electron chi connectivity index (χ1n) is 6.79. The van der Waals surface area contributed by atoms with Crippen LogP contribution < -0.4 is 10.1 Å². The first-order chi connectivity index (χ1) is 9.35. The summed E-state index contributed by atoms with van der Waals surface area (Å²) in [5.41, 5.74) is 0.663. The third-order valence-electron chi connectivity index (χ3n) is 3.10. The van der Waals surface area contributed by atoms with Crippen LogP contribution in [0.15, 0.2) is 22.7 Å². The molecule has 0 saturated heterocycles. The molecule has 2 unspecified atom stereocenters. The normalized spacial score (nSPS) is 15.3. The van der Waals surface area contributed by atoms with Crippen LogP contribution in [0.1, 0.15) is 45.8 Å². The molecule has 1 amide bonds. The largest absolute Gasteiger partial charge is 0.480 e. The van der Waals surface area contributed by atoms with E-state index < -0.39 is 12.2 Å². The molecule has 5 heteroatoms. The van der Waals surface area contributed by atoms with E-state index in [1.807, 2.05) is 19.9 Å². The molecule has 2 N–H and O–H groups in total. The molecular formula is C15H22BrNO3. The number of carbonyl (C=O) groups is 1. The van der Waals surface area contributed by atoms with Crippen LogP contribution in [0.5, 0.6) is 5.75 Å². The lowest BCUT2D eigenvalue weighted by Crippen LogP contribution is -2.41. The molecule has 1 aromatic rings. The van der Waals surface area contributed by atoms with Gasteiger partial charge in [-0.05, 0) is 39.3 Å². The number of hydrogen-bond donors (Lipinski definition) is 2. The molecule has 0 heterocycles. The number of aliphatic hydroxyl groups is 1. The Bertz CT molecular complexity index is 462. The Morgan fingerprint density at radius 2 is 2.05 bits per heavy atom. The monoisotopic (exact) mass is 343 g/mol. The van der Waals surface area contributed by atoms with E-state index in [9.17, 15) is 9.90 Å². The molecule has 0 aliphatic heterocycles. The smallest absolute Gasteiger partial charge is 0.260 e. The molecule has 0 aliphatic rings. The highest BCUT2D eigenvalue weighted by Crippen LogP contribution is 2.29. The first kappa shape index (κ1) is 17.0.